The van der Waals surface area contributed by atoms with E-state index in [0.717, 1.165) is 24.6 Å². The third kappa shape index (κ3) is 9.58. The highest BCUT2D eigenvalue weighted by Gasteiger charge is 2.36. The minimum atomic E-state index is 0.255. The summed E-state index contributed by atoms with van der Waals surface area (Å²) in [7, 11) is 2.81. The maximum Gasteiger partial charge on any atom is 0.223 e. The standard InChI is InChI=1S/C32H57BNO/c1-4-26-16-12-22-29(23-13-17-26)33-32(3,5-2)28-20-14-18-27(19-15-21-28)31(35)34-30-24-10-8-6-7-9-11-25-30/h16,27-30H,4-15,17-25H2,1-3H3,(H,34,35)/b26-16+. The SMILES string of the molecule is CC/C1=C\CCC([B]C(C)(CC)C2CCCC(C(=O)NC3CCCCCCCC3)CCC2)CCC1. The molecule has 2 fully saturated rings. The van der Waals surface area contributed by atoms with Crippen molar-refractivity contribution in [3.05, 3.63) is 11.6 Å². The molecule has 35 heavy (non-hydrogen) atoms. The summed E-state index contributed by atoms with van der Waals surface area (Å²) in [6.07, 6.45) is 29.4. The minimum absolute atomic E-state index is 0.255. The van der Waals surface area contributed by atoms with Crippen LogP contribution in [0.25, 0.3) is 0 Å². The van der Waals surface area contributed by atoms with Crippen molar-refractivity contribution >= 4 is 13.2 Å². The average Bonchev–Trinajstić information content (AvgIpc) is 2.94. The summed E-state index contributed by atoms with van der Waals surface area (Å²) in [4.78, 5) is 13.2. The van der Waals surface area contributed by atoms with Gasteiger partial charge in [-0.25, -0.2) is 0 Å². The number of hydrogen-bond donors (Lipinski definition) is 1. The van der Waals surface area contributed by atoms with Crippen molar-refractivity contribution in [3.8, 4) is 0 Å². The third-order valence-corrected chi connectivity index (χ3v) is 10.1. The topological polar surface area (TPSA) is 29.1 Å². The van der Waals surface area contributed by atoms with Crippen molar-refractivity contribution < 1.29 is 4.79 Å². The Labute approximate surface area is 219 Å². The first-order valence-electron chi connectivity index (χ1n) is 15.9. The van der Waals surface area contributed by atoms with E-state index in [2.05, 4.69) is 39.4 Å². The van der Waals surface area contributed by atoms with Crippen LogP contribution in [0.3, 0.4) is 0 Å². The molecule has 0 aromatic rings. The summed E-state index contributed by atoms with van der Waals surface area (Å²) in [5.41, 5.74) is 1.69. The molecule has 1 radical (unpaired) electrons. The van der Waals surface area contributed by atoms with E-state index in [1.54, 1.807) is 5.57 Å². The summed E-state index contributed by atoms with van der Waals surface area (Å²) in [5, 5.41) is 3.86. The monoisotopic (exact) mass is 482 g/mol. The van der Waals surface area contributed by atoms with Crippen LogP contribution in [0.5, 0.6) is 0 Å². The zero-order valence-electron chi connectivity index (χ0n) is 23.7. The normalized spacial score (nSPS) is 31.5. The number of carbonyl (C=O) groups excluding carboxylic acids is 1. The Morgan fingerprint density at radius 2 is 1.51 bits per heavy atom. The Morgan fingerprint density at radius 1 is 0.857 bits per heavy atom. The van der Waals surface area contributed by atoms with Gasteiger partial charge in [-0.3, -0.25) is 4.79 Å². The van der Waals surface area contributed by atoms with Crippen molar-refractivity contribution in [2.75, 3.05) is 0 Å². The van der Waals surface area contributed by atoms with Crippen LogP contribution in [0.15, 0.2) is 11.6 Å². The second-order valence-electron chi connectivity index (χ2n) is 12.6. The predicted molar refractivity (Wildman–Crippen MR) is 153 cm³/mol. The zero-order valence-corrected chi connectivity index (χ0v) is 23.7. The molecule has 0 heterocycles. The first kappa shape index (κ1) is 28.8. The summed E-state index contributed by atoms with van der Waals surface area (Å²) in [6.45, 7) is 7.29. The number of nitrogens with one attached hydrogen (secondary N) is 1. The molecule has 0 aromatic carbocycles. The van der Waals surface area contributed by atoms with E-state index in [0.29, 0.717) is 17.3 Å². The van der Waals surface area contributed by atoms with Gasteiger partial charge in [0.05, 0.1) is 0 Å². The molecule has 0 spiro atoms. The lowest BCUT2D eigenvalue weighted by atomic mass is 9.39. The molecule has 199 valence electrons. The minimum Gasteiger partial charge on any atom is -0.353 e. The maximum atomic E-state index is 13.2. The Morgan fingerprint density at radius 3 is 2.14 bits per heavy atom. The molecule has 2 unspecified atom stereocenters. The number of amides is 1. The van der Waals surface area contributed by atoms with Crippen molar-refractivity contribution in [2.24, 2.45) is 11.8 Å². The average molecular weight is 483 g/mol. The Hall–Kier alpha value is -0.725. The molecule has 0 bridgehead atoms. The van der Waals surface area contributed by atoms with E-state index in [-0.39, 0.29) is 5.92 Å². The Bertz CT molecular complexity index is 625. The third-order valence-electron chi connectivity index (χ3n) is 10.1. The van der Waals surface area contributed by atoms with Gasteiger partial charge in [0.1, 0.15) is 7.28 Å². The van der Waals surface area contributed by atoms with Gasteiger partial charge >= 0.3 is 0 Å². The first-order valence-corrected chi connectivity index (χ1v) is 15.9. The van der Waals surface area contributed by atoms with Crippen LogP contribution in [0.1, 0.15) is 156 Å². The van der Waals surface area contributed by atoms with E-state index < -0.39 is 0 Å². The highest BCUT2D eigenvalue weighted by atomic mass is 16.1. The van der Waals surface area contributed by atoms with Crippen LogP contribution in [0.4, 0.5) is 0 Å². The number of allylic oxidation sites excluding steroid dienone is 2. The molecule has 2 atom stereocenters. The molecule has 1 N–H and O–H groups in total. The van der Waals surface area contributed by atoms with Gasteiger partial charge in [0, 0.05) is 12.0 Å². The van der Waals surface area contributed by atoms with Gasteiger partial charge in [-0.1, -0.05) is 127 Å². The van der Waals surface area contributed by atoms with E-state index >= 15 is 0 Å². The van der Waals surface area contributed by atoms with Crippen LogP contribution >= 0.6 is 0 Å². The molecule has 2 saturated carbocycles. The quantitative estimate of drug-likeness (QED) is 0.284. The van der Waals surface area contributed by atoms with Gasteiger partial charge in [0.2, 0.25) is 5.91 Å². The second-order valence-corrected chi connectivity index (χ2v) is 12.6. The van der Waals surface area contributed by atoms with Gasteiger partial charge in [-0.2, -0.15) is 0 Å². The molecule has 3 rings (SSSR count). The van der Waals surface area contributed by atoms with E-state index in [9.17, 15) is 4.79 Å². The maximum absolute atomic E-state index is 13.2. The number of hydrogen-bond acceptors (Lipinski definition) is 1. The highest BCUT2D eigenvalue weighted by Crippen LogP contribution is 2.48. The number of rotatable bonds is 7. The molecule has 2 nitrogen and oxygen atoms in total. The first-order chi connectivity index (χ1) is 17.0. The van der Waals surface area contributed by atoms with Gasteiger partial charge < -0.3 is 5.32 Å². The van der Waals surface area contributed by atoms with Crippen LogP contribution in [0.2, 0.25) is 11.1 Å². The van der Waals surface area contributed by atoms with Crippen molar-refractivity contribution in [1.29, 1.82) is 0 Å². The molecule has 0 saturated heterocycles. The fourth-order valence-corrected chi connectivity index (χ4v) is 7.44. The van der Waals surface area contributed by atoms with Gasteiger partial charge in [-0.15, -0.1) is 0 Å². The van der Waals surface area contributed by atoms with Crippen molar-refractivity contribution in [2.45, 2.75) is 173 Å². The lowest BCUT2D eigenvalue weighted by molar-refractivity contribution is -0.126. The van der Waals surface area contributed by atoms with Crippen LogP contribution in [0, 0.1) is 11.8 Å². The second kappa shape index (κ2) is 15.5. The smallest absolute Gasteiger partial charge is 0.223 e. The summed E-state index contributed by atoms with van der Waals surface area (Å²) in [5.74, 6) is 2.21. The van der Waals surface area contributed by atoms with Gasteiger partial charge in [-0.05, 0) is 57.3 Å². The molecule has 3 aliphatic rings. The molecule has 0 aromatic heterocycles. The van der Waals surface area contributed by atoms with E-state index in [4.69, 9.17) is 0 Å². The van der Waals surface area contributed by atoms with E-state index in [1.165, 1.54) is 122 Å². The Kier molecular flexibility index (Phi) is 12.8. The lowest BCUT2D eigenvalue weighted by Gasteiger charge is -2.41. The molecule has 3 aliphatic carbocycles. The predicted octanol–water partition coefficient (Wildman–Crippen LogP) is 9.57. The molecule has 0 aliphatic heterocycles. The summed E-state index contributed by atoms with van der Waals surface area (Å²) < 4.78 is 0. The molecular formula is C32H57BNO. The molecule has 3 heteroatoms. The summed E-state index contributed by atoms with van der Waals surface area (Å²) >= 11 is 0. The van der Waals surface area contributed by atoms with E-state index in [1.807, 2.05) is 0 Å². The molecular weight excluding hydrogens is 425 g/mol. The van der Waals surface area contributed by atoms with Crippen LogP contribution in [-0.2, 0) is 4.79 Å². The summed E-state index contributed by atoms with van der Waals surface area (Å²) in [6, 6.07) is 0.434. The van der Waals surface area contributed by atoms with Crippen molar-refractivity contribution in [3.63, 3.8) is 0 Å². The van der Waals surface area contributed by atoms with Crippen LogP contribution in [-0.4, -0.2) is 19.2 Å². The fourth-order valence-electron chi connectivity index (χ4n) is 7.44. The van der Waals surface area contributed by atoms with Crippen molar-refractivity contribution in [1.82, 2.24) is 5.32 Å². The lowest BCUT2D eigenvalue weighted by Crippen LogP contribution is -2.39. The zero-order chi connectivity index (χ0) is 24.9. The van der Waals surface area contributed by atoms with Crippen LogP contribution < -0.4 is 5.32 Å². The number of carbonyl (C=O) groups is 1. The van der Waals surface area contributed by atoms with Gasteiger partial charge in [0.15, 0.2) is 0 Å². The Balaban J connectivity index is 1.48. The molecule has 1 amide bonds. The van der Waals surface area contributed by atoms with Gasteiger partial charge in [0.25, 0.3) is 0 Å². The fraction of sp³-hybridized carbons (Fsp3) is 0.906. The largest absolute Gasteiger partial charge is 0.353 e. The highest BCUT2D eigenvalue weighted by molar-refractivity contribution is 6.42.